The number of hydrogen-bond donors (Lipinski definition) is 1. The number of methoxy groups -OCH3 is 1. The van der Waals surface area contributed by atoms with Crippen molar-refractivity contribution in [3.05, 3.63) is 24.0 Å². The molecule has 0 aliphatic carbocycles. The molecule has 0 fully saturated rings. The quantitative estimate of drug-likeness (QED) is 0.692. The van der Waals surface area contributed by atoms with Gasteiger partial charge >= 0.3 is 0 Å². The Morgan fingerprint density at radius 3 is 2.82 bits per heavy atom. The lowest BCUT2D eigenvalue weighted by Gasteiger charge is -2.04. The summed E-state index contributed by atoms with van der Waals surface area (Å²) in [6, 6.07) is 1.76. The molecule has 1 aromatic heterocycles. The van der Waals surface area contributed by atoms with E-state index in [1.54, 1.807) is 32.5 Å². The first-order valence-electron chi connectivity index (χ1n) is 3.41. The third kappa shape index (κ3) is 1.91. The zero-order valence-corrected chi connectivity index (χ0v) is 6.61. The van der Waals surface area contributed by atoms with Crippen LogP contribution in [0.5, 0.6) is 5.75 Å². The van der Waals surface area contributed by atoms with Crippen LogP contribution in [0.1, 0.15) is 18.6 Å². The van der Waals surface area contributed by atoms with Crippen molar-refractivity contribution in [2.75, 3.05) is 7.11 Å². The molecule has 1 heterocycles. The molecule has 0 amide bonds. The number of hydrogen-bond acceptors (Lipinski definition) is 3. The molecule has 0 saturated heterocycles. The van der Waals surface area contributed by atoms with Gasteiger partial charge in [0.2, 0.25) is 0 Å². The predicted octanol–water partition coefficient (Wildman–Crippen LogP) is 1.14. The molecule has 3 nitrogen and oxygen atoms in total. The monoisotopic (exact) mass is 153 g/mol. The van der Waals surface area contributed by atoms with E-state index in [1.165, 1.54) is 0 Å². The van der Waals surface area contributed by atoms with E-state index in [4.69, 9.17) is 9.84 Å². The zero-order chi connectivity index (χ0) is 8.27. The molecular weight excluding hydrogens is 142 g/mol. The Morgan fingerprint density at radius 2 is 2.27 bits per heavy atom. The highest BCUT2D eigenvalue weighted by Crippen LogP contribution is 2.15. The van der Waals surface area contributed by atoms with Crippen LogP contribution in [0, 0.1) is 0 Å². The third-order valence-electron chi connectivity index (χ3n) is 1.45. The molecule has 1 unspecified atom stereocenters. The summed E-state index contributed by atoms with van der Waals surface area (Å²) in [4.78, 5) is 3.89. The average Bonchev–Trinajstić information content (AvgIpc) is 2.05. The molecule has 0 radical (unpaired) electrons. The van der Waals surface area contributed by atoms with E-state index in [0.29, 0.717) is 5.75 Å². The van der Waals surface area contributed by atoms with Crippen LogP contribution in [0.4, 0.5) is 0 Å². The normalized spacial score (nSPS) is 12.6. The first kappa shape index (κ1) is 8.01. The lowest BCUT2D eigenvalue weighted by molar-refractivity contribution is 0.198. The van der Waals surface area contributed by atoms with E-state index in [1.807, 2.05) is 0 Å². The zero-order valence-electron chi connectivity index (χ0n) is 6.61. The molecule has 11 heavy (non-hydrogen) atoms. The van der Waals surface area contributed by atoms with Crippen LogP contribution in [-0.4, -0.2) is 17.2 Å². The average molecular weight is 153 g/mol. The fourth-order valence-corrected chi connectivity index (χ4v) is 0.776. The van der Waals surface area contributed by atoms with Gasteiger partial charge in [-0.3, -0.25) is 4.98 Å². The number of pyridine rings is 1. The minimum Gasteiger partial charge on any atom is -0.495 e. The molecule has 1 N–H and O–H groups in total. The second kappa shape index (κ2) is 3.34. The lowest BCUT2D eigenvalue weighted by atomic mass is 10.2. The highest BCUT2D eigenvalue weighted by Gasteiger charge is 2.01. The second-order valence-electron chi connectivity index (χ2n) is 2.33. The van der Waals surface area contributed by atoms with Crippen LogP contribution >= 0.6 is 0 Å². The summed E-state index contributed by atoms with van der Waals surface area (Å²) in [5, 5.41) is 9.15. The number of ether oxygens (including phenoxy) is 1. The molecule has 0 spiro atoms. The summed E-state index contributed by atoms with van der Waals surface area (Å²) in [7, 11) is 1.57. The minimum atomic E-state index is -0.488. The van der Waals surface area contributed by atoms with Crippen LogP contribution in [0.3, 0.4) is 0 Å². The van der Waals surface area contributed by atoms with E-state index < -0.39 is 6.10 Å². The molecular formula is C8H11NO2. The largest absolute Gasteiger partial charge is 0.495 e. The van der Waals surface area contributed by atoms with Crippen LogP contribution in [0.2, 0.25) is 0 Å². The fraction of sp³-hybridized carbons (Fsp3) is 0.375. The molecule has 1 atom stereocenters. The van der Waals surface area contributed by atoms with Crippen molar-refractivity contribution in [3.8, 4) is 5.75 Å². The Morgan fingerprint density at radius 1 is 1.55 bits per heavy atom. The van der Waals surface area contributed by atoms with Crippen molar-refractivity contribution in [3.63, 3.8) is 0 Å². The molecule has 1 aromatic rings. The Balaban J connectivity index is 2.91. The SMILES string of the molecule is COc1cncc(C(C)O)c1. The molecule has 0 aromatic carbocycles. The molecule has 3 heteroatoms. The van der Waals surface area contributed by atoms with Crippen molar-refractivity contribution in [1.82, 2.24) is 4.98 Å². The van der Waals surface area contributed by atoms with E-state index in [2.05, 4.69) is 4.98 Å². The maximum Gasteiger partial charge on any atom is 0.137 e. The van der Waals surface area contributed by atoms with E-state index in [9.17, 15) is 0 Å². The van der Waals surface area contributed by atoms with Crippen molar-refractivity contribution < 1.29 is 9.84 Å². The smallest absolute Gasteiger partial charge is 0.137 e. The highest BCUT2D eigenvalue weighted by molar-refractivity contribution is 5.24. The van der Waals surface area contributed by atoms with Gasteiger partial charge in [-0.25, -0.2) is 0 Å². The molecule has 0 aliphatic heterocycles. The first-order chi connectivity index (χ1) is 5.24. The number of aromatic nitrogens is 1. The van der Waals surface area contributed by atoms with Crippen LogP contribution in [0.15, 0.2) is 18.5 Å². The van der Waals surface area contributed by atoms with Gasteiger partial charge in [0.15, 0.2) is 0 Å². The minimum absolute atomic E-state index is 0.488. The van der Waals surface area contributed by atoms with Gasteiger partial charge in [0, 0.05) is 11.8 Å². The summed E-state index contributed by atoms with van der Waals surface area (Å²) >= 11 is 0. The van der Waals surface area contributed by atoms with Crippen LogP contribution in [0.25, 0.3) is 0 Å². The van der Waals surface area contributed by atoms with Crippen molar-refractivity contribution >= 4 is 0 Å². The molecule has 0 saturated carbocycles. The van der Waals surface area contributed by atoms with Crippen molar-refractivity contribution in [1.29, 1.82) is 0 Å². The number of aliphatic hydroxyl groups is 1. The summed E-state index contributed by atoms with van der Waals surface area (Å²) in [6.07, 6.45) is 2.73. The Kier molecular flexibility index (Phi) is 2.44. The van der Waals surface area contributed by atoms with Crippen LogP contribution < -0.4 is 4.74 Å². The van der Waals surface area contributed by atoms with Gasteiger partial charge < -0.3 is 9.84 Å². The number of nitrogens with zero attached hydrogens (tertiary/aromatic N) is 1. The first-order valence-corrected chi connectivity index (χ1v) is 3.41. The fourth-order valence-electron chi connectivity index (χ4n) is 0.776. The van der Waals surface area contributed by atoms with Gasteiger partial charge in [0.25, 0.3) is 0 Å². The predicted molar refractivity (Wildman–Crippen MR) is 41.4 cm³/mol. The van der Waals surface area contributed by atoms with Gasteiger partial charge in [-0.05, 0) is 13.0 Å². The van der Waals surface area contributed by atoms with Gasteiger partial charge in [0.1, 0.15) is 5.75 Å². The van der Waals surface area contributed by atoms with Gasteiger partial charge in [-0.15, -0.1) is 0 Å². The highest BCUT2D eigenvalue weighted by atomic mass is 16.5. The Hall–Kier alpha value is -1.09. The van der Waals surface area contributed by atoms with E-state index in [0.717, 1.165) is 5.56 Å². The summed E-state index contributed by atoms with van der Waals surface area (Å²) < 4.78 is 4.93. The van der Waals surface area contributed by atoms with Crippen LogP contribution in [-0.2, 0) is 0 Å². The molecule has 60 valence electrons. The van der Waals surface area contributed by atoms with Gasteiger partial charge in [-0.2, -0.15) is 0 Å². The van der Waals surface area contributed by atoms with E-state index >= 15 is 0 Å². The standard InChI is InChI=1S/C8H11NO2/c1-6(10)7-3-8(11-2)5-9-4-7/h3-6,10H,1-2H3. The van der Waals surface area contributed by atoms with Crippen molar-refractivity contribution in [2.45, 2.75) is 13.0 Å². The lowest BCUT2D eigenvalue weighted by Crippen LogP contribution is -1.93. The molecule has 1 rings (SSSR count). The second-order valence-corrected chi connectivity index (χ2v) is 2.33. The maximum absolute atomic E-state index is 9.15. The third-order valence-corrected chi connectivity index (χ3v) is 1.45. The van der Waals surface area contributed by atoms with Crippen molar-refractivity contribution in [2.24, 2.45) is 0 Å². The Bertz CT molecular complexity index is 235. The number of aliphatic hydroxyl groups excluding tert-OH is 1. The maximum atomic E-state index is 9.15. The molecule has 0 bridgehead atoms. The Labute approximate surface area is 65.7 Å². The summed E-state index contributed by atoms with van der Waals surface area (Å²) in [6.45, 7) is 1.69. The van der Waals surface area contributed by atoms with E-state index in [-0.39, 0.29) is 0 Å². The van der Waals surface area contributed by atoms with Gasteiger partial charge in [-0.1, -0.05) is 0 Å². The molecule has 0 aliphatic rings. The summed E-state index contributed by atoms with van der Waals surface area (Å²) in [5.41, 5.74) is 0.768. The number of rotatable bonds is 2. The van der Waals surface area contributed by atoms with Gasteiger partial charge in [0.05, 0.1) is 19.4 Å². The summed E-state index contributed by atoms with van der Waals surface area (Å²) in [5.74, 6) is 0.670. The topological polar surface area (TPSA) is 42.4 Å².